The average Bonchev–Trinajstić information content (AvgIpc) is 3.30. The maximum atomic E-state index is 13.0. The number of hydrogen-bond acceptors (Lipinski definition) is 7. The lowest BCUT2D eigenvalue weighted by molar-refractivity contribution is -0.143. The van der Waals surface area contributed by atoms with Gasteiger partial charge in [0.2, 0.25) is 5.78 Å². The van der Waals surface area contributed by atoms with Crippen LogP contribution < -0.4 is 5.56 Å². The second kappa shape index (κ2) is 9.73. The van der Waals surface area contributed by atoms with E-state index in [1.165, 1.54) is 22.2 Å². The molecular formula is C26H30N4O4S. The van der Waals surface area contributed by atoms with Crippen LogP contribution in [0, 0.1) is 33.6 Å². The molecule has 4 rings (SSSR count). The monoisotopic (exact) mass is 494 g/mol. The lowest BCUT2D eigenvalue weighted by Crippen LogP contribution is -2.26. The normalized spacial score (nSPS) is 11.6. The van der Waals surface area contributed by atoms with Crippen molar-refractivity contribution in [3.8, 4) is 0 Å². The Morgan fingerprint density at radius 1 is 1.14 bits per heavy atom. The average molecular weight is 495 g/mol. The topological polar surface area (TPSA) is 96.1 Å². The fourth-order valence-electron chi connectivity index (χ4n) is 4.34. The summed E-state index contributed by atoms with van der Waals surface area (Å²) in [5.41, 5.74) is 4.58. The van der Waals surface area contributed by atoms with E-state index in [-0.39, 0.29) is 24.5 Å². The second-order valence-corrected chi connectivity index (χ2v) is 10.4. The van der Waals surface area contributed by atoms with Gasteiger partial charge in [0.25, 0.3) is 5.56 Å². The van der Waals surface area contributed by atoms with Crippen molar-refractivity contribution in [2.24, 2.45) is 5.92 Å². The van der Waals surface area contributed by atoms with Gasteiger partial charge >= 0.3 is 5.97 Å². The third-order valence-electron chi connectivity index (χ3n) is 6.21. The first-order chi connectivity index (χ1) is 16.6. The third kappa shape index (κ3) is 4.91. The van der Waals surface area contributed by atoms with Crippen molar-refractivity contribution in [3.05, 3.63) is 57.0 Å². The first kappa shape index (κ1) is 24.8. The van der Waals surface area contributed by atoms with E-state index < -0.39 is 5.97 Å². The van der Waals surface area contributed by atoms with Gasteiger partial charge < -0.3 is 9.30 Å². The molecule has 0 amide bonds. The van der Waals surface area contributed by atoms with Crippen molar-refractivity contribution in [1.82, 2.24) is 19.1 Å². The van der Waals surface area contributed by atoms with Crippen molar-refractivity contribution in [2.75, 3.05) is 6.61 Å². The Balaban J connectivity index is 1.47. The number of hydrogen-bond donors (Lipinski definition) is 0. The highest BCUT2D eigenvalue weighted by Gasteiger charge is 2.19. The molecule has 8 nitrogen and oxygen atoms in total. The summed E-state index contributed by atoms with van der Waals surface area (Å²) in [4.78, 5) is 47.9. The summed E-state index contributed by atoms with van der Waals surface area (Å²) in [6, 6.07) is 3.80. The van der Waals surface area contributed by atoms with Gasteiger partial charge in [-0.3, -0.25) is 19.0 Å². The molecule has 0 spiro atoms. The number of carbonyl (C=O) groups is 2. The number of esters is 1. The molecule has 0 saturated heterocycles. The van der Waals surface area contributed by atoms with Crippen LogP contribution in [0.5, 0.6) is 0 Å². The predicted molar refractivity (Wildman–Crippen MR) is 137 cm³/mol. The van der Waals surface area contributed by atoms with E-state index in [1.807, 2.05) is 39.8 Å². The number of aryl methyl sites for hydroxylation is 3. The summed E-state index contributed by atoms with van der Waals surface area (Å²) in [7, 11) is 0. The highest BCUT2D eigenvalue weighted by atomic mass is 32.1. The Kier molecular flexibility index (Phi) is 6.89. The Morgan fingerprint density at radius 3 is 2.60 bits per heavy atom. The van der Waals surface area contributed by atoms with Crippen LogP contribution in [0.15, 0.2) is 23.3 Å². The first-order valence-electron chi connectivity index (χ1n) is 11.7. The molecule has 4 aromatic heterocycles. The van der Waals surface area contributed by atoms with Crippen LogP contribution in [0.3, 0.4) is 0 Å². The molecule has 0 aliphatic rings. The number of rotatable bonds is 8. The summed E-state index contributed by atoms with van der Waals surface area (Å²) < 4.78 is 9.01. The molecule has 4 heterocycles. The van der Waals surface area contributed by atoms with Gasteiger partial charge in [-0.1, -0.05) is 13.8 Å². The molecule has 0 aliphatic heterocycles. The van der Waals surface area contributed by atoms with Gasteiger partial charge in [-0.05, 0) is 57.7 Å². The lowest BCUT2D eigenvalue weighted by atomic mass is 10.1. The van der Waals surface area contributed by atoms with Crippen LogP contribution in [0.25, 0.3) is 20.4 Å². The Bertz CT molecular complexity index is 1510. The smallest absolute Gasteiger partial charge is 0.326 e. The molecule has 0 radical (unpaired) electrons. The highest BCUT2D eigenvalue weighted by Crippen LogP contribution is 2.31. The SMILES string of the molecule is Cc1cc(C)c2c(n1)sc1c(=O)n(CC(=O)OCC(=O)c3cc(C)n(CCC(C)C)c3C)cnc12. The molecule has 0 N–H and O–H groups in total. The zero-order valence-corrected chi connectivity index (χ0v) is 21.8. The molecule has 0 atom stereocenters. The Hall–Kier alpha value is -3.33. The molecule has 0 aromatic carbocycles. The minimum absolute atomic E-state index is 0.260. The summed E-state index contributed by atoms with van der Waals surface area (Å²) in [5, 5.41) is 0.860. The minimum atomic E-state index is -0.665. The van der Waals surface area contributed by atoms with Crippen LogP contribution in [0.4, 0.5) is 0 Å². The van der Waals surface area contributed by atoms with Gasteiger partial charge in [0.05, 0.1) is 11.8 Å². The number of ketones is 1. The van der Waals surface area contributed by atoms with Gasteiger partial charge in [0, 0.05) is 34.6 Å². The fraction of sp³-hybridized carbons (Fsp3) is 0.423. The van der Waals surface area contributed by atoms with Crippen molar-refractivity contribution in [3.63, 3.8) is 0 Å². The maximum absolute atomic E-state index is 13.0. The second-order valence-electron chi connectivity index (χ2n) is 9.42. The molecular weight excluding hydrogens is 464 g/mol. The number of Topliss-reactive ketones (excluding diaryl/α,β-unsaturated/α-hetero) is 1. The number of aromatic nitrogens is 4. The quantitative estimate of drug-likeness (QED) is 0.264. The van der Waals surface area contributed by atoms with Crippen LogP contribution in [-0.2, 0) is 22.6 Å². The molecule has 184 valence electrons. The van der Waals surface area contributed by atoms with Crippen LogP contribution in [0.2, 0.25) is 0 Å². The molecule has 0 aliphatic carbocycles. The molecule has 9 heteroatoms. The third-order valence-corrected chi connectivity index (χ3v) is 7.27. The minimum Gasteiger partial charge on any atom is -0.456 e. The van der Waals surface area contributed by atoms with Crippen molar-refractivity contribution < 1.29 is 14.3 Å². The number of pyridine rings is 1. The van der Waals surface area contributed by atoms with E-state index in [0.717, 1.165) is 45.8 Å². The predicted octanol–water partition coefficient (Wildman–Crippen LogP) is 4.51. The van der Waals surface area contributed by atoms with E-state index in [2.05, 4.69) is 28.4 Å². The molecule has 35 heavy (non-hydrogen) atoms. The number of carbonyl (C=O) groups excluding carboxylic acids is 2. The zero-order valence-electron chi connectivity index (χ0n) is 21.0. The highest BCUT2D eigenvalue weighted by molar-refractivity contribution is 7.25. The number of fused-ring (bicyclic) bond motifs is 3. The zero-order chi connectivity index (χ0) is 25.4. The van der Waals surface area contributed by atoms with Crippen LogP contribution in [-0.4, -0.2) is 37.5 Å². The summed E-state index contributed by atoms with van der Waals surface area (Å²) >= 11 is 1.27. The largest absolute Gasteiger partial charge is 0.456 e. The molecule has 0 saturated carbocycles. The van der Waals surface area contributed by atoms with Crippen molar-refractivity contribution >= 4 is 43.5 Å². The van der Waals surface area contributed by atoms with E-state index in [0.29, 0.717) is 21.7 Å². The maximum Gasteiger partial charge on any atom is 0.326 e. The number of nitrogens with zero attached hydrogens (tertiary/aromatic N) is 4. The van der Waals surface area contributed by atoms with Gasteiger partial charge in [0.15, 0.2) is 6.61 Å². The van der Waals surface area contributed by atoms with E-state index in [1.54, 1.807) is 0 Å². The van der Waals surface area contributed by atoms with E-state index >= 15 is 0 Å². The fourth-order valence-corrected chi connectivity index (χ4v) is 5.54. The van der Waals surface area contributed by atoms with Crippen LogP contribution in [0.1, 0.15) is 53.3 Å². The summed E-state index contributed by atoms with van der Waals surface area (Å²) in [6.07, 6.45) is 2.36. The summed E-state index contributed by atoms with van der Waals surface area (Å²) in [6.45, 7) is 12.2. The van der Waals surface area contributed by atoms with E-state index in [4.69, 9.17) is 4.74 Å². The Labute approximate surface area is 207 Å². The molecule has 0 bridgehead atoms. The van der Waals surface area contributed by atoms with Gasteiger partial charge in [-0.25, -0.2) is 9.97 Å². The standard InChI is InChI=1S/C26H30N4O4S/c1-14(2)7-8-30-17(5)10-19(18(30)6)20(31)12-34-21(32)11-29-13-27-23-22-15(3)9-16(4)28-25(22)35-24(23)26(29)33/h9-10,13-14H,7-8,11-12H2,1-6H3. The van der Waals surface area contributed by atoms with Gasteiger partial charge in [-0.15, -0.1) is 11.3 Å². The van der Waals surface area contributed by atoms with Crippen molar-refractivity contribution in [2.45, 2.75) is 61.1 Å². The van der Waals surface area contributed by atoms with Gasteiger partial charge in [-0.2, -0.15) is 0 Å². The number of thiophene rings is 1. The number of ether oxygens (including phenoxy) is 1. The molecule has 0 unspecified atom stereocenters. The van der Waals surface area contributed by atoms with Crippen molar-refractivity contribution in [1.29, 1.82) is 0 Å². The molecule has 4 aromatic rings. The van der Waals surface area contributed by atoms with Crippen LogP contribution >= 0.6 is 11.3 Å². The Morgan fingerprint density at radius 2 is 1.89 bits per heavy atom. The first-order valence-corrected chi connectivity index (χ1v) is 12.5. The van der Waals surface area contributed by atoms with Gasteiger partial charge in [0.1, 0.15) is 16.1 Å². The molecule has 0 fully saturated rings. The lowest BCUT2D eigenvalue weighted by Gasteiger charge is -2.11. The van der Waals surface area contributed by atoms with E-state index in [9.17, 15) is 14.4 Å². The summed E-state index contributed by atoms with van der Waals surface area (Å²) in [5.74, 6) is -0.364.